The molecule has 1 aliphatic rings. The molecule has 26 heavy (non-hydrogen) atoms. The number of rotatable bonds is 7. The van der Waals surface area contributed by atoms with Crippen LogP contribution in [0.1, 0.15) is 39.2 Å². The maximum absolute atomic E-state index is 11.4. The van der Waals surface area contributed by atoms with Crippen molar-refractivity contribution in [1.29, 1.82) is 0 Å². The van der Waals surface area contributed by atoms with Crippen molar-refractivity contribution in [1.82, 2.24) is 9.88 Å². The van der Waals surface area contributed by atoms with Gasteiger partial charge in [0.25, 0.3) is 0 Å². The SMILES string of the molecule is CCOC(=O)/C=C/c1cnc(NC2CCN(CC=C(C)C)CC2)c(Cl)c1. The normalized spacial score (nSPS) is 15.8. The second-order valence-corrected chi connectivity index (χ2v) is 7.09. The topological polar surface area (TPSA) is 54.5 Å². The first-order chi connectivity index (χ1) is 12.5. The minimum atomic E-state index is -0.370. The molecule has 1 aromatic heterocycles. The quantitative estimate of drug-likeness (QED) is 0.439. The van der Waals surface area contributed by atoms with Crippen molar-refractivity contribution >= 4 is 29.5 Å². The fraction of sp³-hybridized carbons (Fsp3) is 0.500. The molecular formula is C20H28ClN3O2. The molecule has 0 atom stereocenters. The number of hydrogen-bond acceptors (Lipinski definition) is 5. The van der Waals surface area contributed by atoms with Gasteiger partial charge in [-0.25, -0.2) is 9.78 Å². The third kappa shape index (κ3) is 6.81. The van der Waals surface area contributed by atoms with Crippen molar-refractivity contribution in [2.24, 2.45) is 0 Å². The number of piperidine rings is 1. The zero-order valence-electron chi connectivity index (χ0n) is 15.8. The average Bonchev–Trinajstić information content (AvgIpc) is 2.61. The number of carbonyl (C=O) groups is 1. The molecule has 0 aliphatic carbocycles. The van der Waals surface area contributed by atoms with Crippen molar-refractivity contribution < 1.29 is 9.53 Å². The molecule has 0 bridgehead atoms. The lowest BCUT2D eigenvalue weighted by Gasteiger charge is -2.32. The third-order valence-electron chi connectivity index (χ3n) is 4.25. The monoisotopic (exact) mass is 377 g/mol. The van der Waals surface area contributed by atoms with E-state index in [4.69, 9.17) is 16.3 Å². The third-order valence-corrected chi connectivity index (χ3v) is 4.54. The van der Waals surface area contributed by atoms with E-state index in [9.17, 15) is 4.79 Å². The van der Waals surface area contributed by atoms with Crippen molar-refractivity contribution in [3.05, 3.63) is 40.6 Å². The molecule has 0 saturated carbocycles. The molecule has 0 amide bonds. The van der Waals surface area contributed by atoms with E-state index in [-0.39, 0.29) is 5.97 Å². The number of halogens is 1. The summed E-state index contributed by atoms with van der Waals surface area (Å²) >= 11 is 6.35. The standard InChI is InChI=1S/C20H28ClN3O2/c1-4-26-19(25)6-5-16-13-18(21)20(22-14-16)23-17-8-11-24(12-9-17)10-7-15(2)3/h5-7,13-14,17H,4,8-12H2,1-3H3,(H,22,23)/b6-5+. The zero-order chi connectivity index (χ0) is 18.9. The lowest BCUT2D eigenvalue weighted by atomic mass is 10.0. The lowest BCUT2D eigenvalue weighted by molar-refractivity contribution is -0.137. The largest absolute Gasteiger partial charge is 0.463 e. The van der Waals surface area contributed by atoms with Crippen LogP contribution in [0.25, 0.3) is 6.08 Å². The number of nitrogens with one attached hydrogen (secondary N) is 1. The summed E-state index contributed by atoms with van der Waals surface area (Å²) in [5.41, 5.74) is 2.13. The first kappa shape index (κ1) is 20.5. The van der Waals surface area contributed by atoms with E-state index in [0.29, 0.717) is 23.5 Å². The van der Waals surface area contributed by atoms with E-state index < -0.39 is 0 Å². The Morgan fingerprint density at radius 3 is 2.77 bits per heavy atom. The number of esters is 1. The molecule has 5 nitrogen and oxygen atoms in total. The predicted octanol–water partition coefficient (Wildman–Crippen LogP) is 4.15. The molecular weight excluding hydrogens is 350 g/mol. The summed E-state index contributed by atoms with van der Waals surface area (Å²) in [6, 6.07) is 2.18. The van der Waals surface area contributed by atoms with Crippen LogP contribution >= 0.6 is 11.6 Å². The van der Waals surface area contributed by atoms with Crippen LogP contribution in [0.5, 0.6) is 0 Å². The molecule has 142 valence electrons. The number of allylic oxidation sites excluding steroid dienone is 1. The molecule has 2 heterocycles. The molecule has 0 aromatic carbocycles. The smallest absolute Gasteiger partial charge is 0.330 e. The summed E-state index contributed by atoms with van der Waals surface area (Å²) in [7, 11) is 0. The zero-order valence-corrected chi connectivity index (χ0v) is 16.6. The fourth-order valence-electron chi connectivity index (χ4n) is 2.77. The summed E-state index contributed by atoms with van der Waals surface area (Å²) in [5, 5.41) is 4.00. The Bertz CT molecular complexity index is 661. The van der Waals surface area contributed by atoms with Gasteiger partial charge >= 0.3 is 5.97 Å². The Labute approximate surface area is 161 Å². The van der Waals surface area contributed by atoms with Crippen LogP contribution in [0.3, 0.4) is 0 Å². The minimum Gasteiger partial charge on any atom is -0.463 e. The van der Waals surface area contributed by atoms with Gasteiger partial charge in [-0.15, -0.1) is 0 Å². The Kier molecular flexibility index (Phi) is 8.13. The van der Waals surface area contributed by atoms with Crippen LogP contribution in [0.2, 0.25) is 5.02 Å². The van der Waals surface area contributed by atoms with Gasteiger partial charge in [0.2, 0.25) is 0 Å². The van der Waals surface area contributed by atoms with Crippen LogP contribution in [-0.4, -0.2) is 48.1 Å². The van der Waals surface area contributed by atoms with Crippen molar-refractivity contribution in [2.75, 3.05) is 31.6 Å². The van der Waals surface area contributed by atoms with Crippen LogP contribution in [0.15, 0.2) is 30.0 Å². The molecule has 1 fully saturated rings. The van der Waals surface area contributed by atoms with E-state index in [2.05, 4.69) is 35.1 Å². The van der Waals surface area contributed by atoms with Gasteiger partial charge in [-0.2, -0.15) is 0 Å². The van der Waals surface area contributed by atoms with E-state index in [1.165, 1.54) is 11.6 Å². The van der Waals surface area contributed by atoms with Gasteiger partial charge < -0.3 is 10.1 Å². The minimum absolute atomic E-state index is 0.359. The van der Waals surface area contributed by atoms with Crippen LogP contribution < -0.4 is 5.32 Å². The van der Waals surface area contributed by atoms with E-state index in [1.54, 1.807) is 25.3 Å². The Morgan fingerprint density at radius 1 is 1.42 bits per heavy atom. The maximum Gasteiger partial charge on any atom is 0.330 e. The number of carbonyl (C=O) groups excluding carboxylic acids is 1. The van der Waals surface area contributed by atoms with E-state index in [0.717, 1.165) is 38.0 Å². The maximum atomic E-state index is 11.4. The Balaban J connectivity index is 1.87. The average molecular weight is 378 g/mol. The van der Waals surface area contributed by atoms with Gasteiger partial charge in [0.15, 0.2) is 0 Å². The molecule has 0 spiro atoms. The fourth-order valence-corrected chi connectivity index (χ4v) is 3.00. The predicted molar refractivity (Wildman–Crippen MR) is 107 cm³/mol. The van der Waals surface area contributed by atoms with Crippen molar-refractivity contribution in [3.63, 3.8) is 0 Å². The van der Waals surface area contributed by atoms with E-state index >= 15 is 0 Å². The second kappa shape index (κ2) is 10.3. The molecule has 0 radical (unpaired) electrons. The summed E-state index contributed by atoms with van der Waals surface area (Å²) in [6.45, 7) is 9.56. The summed E-state index contributed by atoms with van der Waals surface area (Å²) < 4.78 is 4.86. The van der Waals surface area contributed by atoms with Crippen LogP contribution in [-0.2, 0) is 9.53 Å². The number of ether oxygens (including phenoxy) is 1. The number of likely N-dealkylation sites (tertiary alicyclic amines) is 1. The molecule has 2 rings (SSSR count). The molecule has 6 heteroatoms. The number of aromatic nitrogens is 1. The molecule has 1 N–H and O–H groups in total. The molecule has 0 unspecified atom stereocenters. The van der Waals surface area contributed by atoms with Crippen molar-refractivity contribution in [2.45, 2.75) is 39.7 Å². The number of nitrogens with zero attached hydrogens (tertiary/aromatic N) is 2. The number of anilines is 1. The Morgan fingerprint density at radius 2 is 2.15 bits per heavy atom. The van der Waals surface area contributed by atoms with Gasteiger partial charge in [0.05, 0.1) is 11.6 Å². The highest BCUT2D eigenvalue weighted by Crippen LogP contribution is 2.24. The van der Waals surface area contributed by atoms with Gasteiger partial charge in [-0.3, -0.25) is 4.90 Å². The van der Waals surface area contributed by atoms with Gasteiger partial charge in [0, 0.05) is 37.9 Å². The number of hydrogen-bond donors (Lipinski definition) is 1. The van der Waals surface area contributed by atoms with Gasteiger partial charge in [0.1, 0.15) is 5.82 Å². The highest BCUT2D eigenvalue weighted by Gasteiger charge is 2.19. The summed E-state index contributed by atoms with van der Waals surface area (Å²) in [6.07, 6.45) is 9.15. The Hall–Kier alpha value is -1.85. The van der Waals surface area contributed by atoms with Gasteiger partial charge in [-0.05, 0) is 51.3 Å². The number of pyridine rings is 1. The highest BCUT2D eigenvalue weighted by atomic mass is 35.5. The molecule has 1 saturated heterocycles. The van der Waals surface area contributed by atoms with Crippen LogP contribution in [0, 0.1) is 0 Å². The summed E-state index contributed by atoms with van der Waals surface area (Å²) in [4.78, 5) is 18.2. The van der Waals surface area contributed by atoms with Crippen molar-refractivity contribution in [3.8, 4) is 0 Å². The molecule has 1 aromatic rings. The second-order valence-electron chi connectivity index (χ2n) is 6.69. The first-order valence-corrected chi connectivity index (χ1v) is 9.48. The molecule has 1 aliphatic heterocycles. The van der Waals surface area contributed by atoms with Crippen LogP contribution in [0.4, 0.5) is 5.82 Å². The van der Waals surface area contributed by atoms with E-state index in [1.807, 2.05) is 0 Å². The first-order valence-electron chi connectivity index (χ1n) is 9.10. The summed E-state index contributed by atoms with van der Waals surface area (Å²) in [5.74, 6) is 0.327. The van der Waals surface area contributed by atoms with Gasteiger partial charge in [-0.1, -0.05) is 23.3 Å². The lowest BCUT2D eigenvalue weighted by Crippen LogP contribution is -2.39. The highest BCUT2D eigenvalue weighted by molar-refractivity contribution is 6.33.